The maximum atomic E-state index is 11.8. The lowest BCUT2D eigenvalue weighted by atomic mass is 9.49. The number of carbonyl (C=O) groups is 1. The molecule has 0 aromatic heterocycles. The third-order valence-electron chi connectivity index (χ3n) is 7.96. The van der Waals surface area contributed by atoms with E-state index in [4.69, 9.17) is 11.3 Å². The van der Waals surface area contributed by atoms with Crippen molar-refractivity contribution in [1.29, 1.82) is 0 Å². The van der Waals surface area contributed by atoms with Gasteiger partial charge in [0.2, 0.25) is 0 Å². The first-order valence-electron chi connectivity index (χ1n) is 9.17. The molecule has 2 N–H and O–H groups in total. The summed E-state index contributed by atoms with van der Waals surface area (Å²) in [6, 6.07) is 0. The molecular weight excluding hydrogens is 304 g/mol. The van der Waals surface area contributed by atoms with E-state index in [0.29, 0.717) is 31.1 Å². The number of aliphatic hydroxyl groups is 1. The highest BCUT2D eigenvalue weighted by Gasteiger charge is 2.65. The van der Waals surface area contributed by atoms with Crippen molar-refractivity contribution in [2.75, 3.05) is 0 Å². The number of carbonyl (C=O) groups excluding carboxylic acids is 1. The normalized spacial score (nSPS) is 50.3. The molecule has 130 valence electrons. The highest BCUT2D eigenvalue weighted by Crippen LogP contribution is 2.65. The number of fused-ring (bicyclic) bond motifs is 5. The molecule has 4 aliphatic rings. The molecule has 4 heteroatoms. The highest BCUT2D eigenvalue weighted by molar-refractivity contribution is 5.92. The molecule has 0 radical (unpaired) electrons. The van der Waals surface area contributed by atoms with Gasteiger partial charge in [-0.15, -0.1) is 6.42 Å². The Morgan fingerprint density at radius 3 is 2.67 bits per heavy atom. The summed E-state index contributed by atoms with van der Waals surface area (Å²) in [4.78, 5) is 17.0. The molecule has 3 saturated carbocycles. The lowest BCUT2D eigenvalue weighted by Gasteiger charge is -2.57. The largest absolute Gasteiger partial charge is 0.377 e. The molecule has 6 atom stereocenters. The third-order valence-corrected chi connectivity index (χ3v) is 7.96. The van der Waals surface area contributed by atoms with Crippen molar-refractivity contribution in [1.82, 2.24) is 0 Å². The van der Waals surface area contributed by atoms with E-state index in [1.165, 1.54) is 0 Å². The minimum atomic E-state index is -1.02. The molecular formula is C20H26O4. The maximum Gasteiger partial charge on any atom is 0.155 e. The highest BCUT2D eigenvalue weighted by atomic mass is 17.1. The van der Waals surface area contributed by atoms with E-state index in [2.05, 4.69) is 12.8 Å². The van der Waals surface area contributed by atoms with Gasteiger partial charge in [0.05, 0.1) is 0 Å². The first kappa shape index (κ1) is 16.3. The Bertz CT molecular complexity index is 647. The zero-order valence-corrected chi connectivity index (χ0v) is 14.3. The SMILES string of the molecule is C#C[C@]1(O)CC[C@@H]2[C@@H]3CCC4=CC(=O)CC[C@]4(OO)[C@@H]3CC[C@@]21C. The van der Waals surface area contributed by atoms with Crippen LogP contribution in [0.25, 0.3) is 0 Å². The van der Waals surface area contributed by atoms with Crippen LogP contribution in [-0.4, -0.2) is 27.3 Å². The molecule has 4 rings (SSSR count). The first-order valence-corrected chi connectivity index (χ1v) is 9.17. The number of hydrogen-bond donors (Lipinski definition) is 2. The number of rotatable bonds is 1. The summed E-state index contributed by atoms with van der Waals surface area (Å²) in [5.74, 6) is 3.75. The Morgan fingerprint density at radius 2 is 1.96 bits per heavy atom. The van der Waals surface area contributed by atoms with Gasteiger partial charge in [-0.3, -0.25) is 10.1 Å². The molecule has 4 nitrogen and oxygen atoms in total. The van der Waals surface area contributed by atoms with Crippen LogP contribution in [0.2, 0.25) is 0 Å². The van der Waals surface area contributed by atoms with Gasteiger partial charge in [0.1, 0.15) is 11.2 Å². The van der Waals surface area contributed by atoms with E-state index in [1.54, 1.807) is 6.08 Å². The Hall–Kier alpha value is -1.15. The van der Waals surface area contributed by atoms with E-state index in [0.717, 1.165) is 37.7 Å². The van der Waals surface area contributed by atoms with Gasteiger partial charge in [-0.25, -0.2) is 4.89 Å². The zero-order valence-electron chi connectivity index (χ0n) is 14.3. The van der Waals surface area contributed by atoms with Crippen LogP contribution in [0.1, 0.15) is 58.3 Å². The molecule has 0 aliphatic heterocycles. The molecule has 0 unspecified atom stereocenters. The van der Waals surface area contributed by atoms with Crippen molar-refractivity contribution >= 4 is 5.78 Å². The van der Waals surface area contributed by atoms with E-state index < -0.39 is 11.2 Å². The monoisotopic (exact) mass is 330 g/mol. The summed E-state index contributed by atoms with van der Waals surface area (Å²) in [6.45, 7) is 2.14. The van der Waals surface area contributed by atoms with Gasteiger partial charge in [0.15, 0.2) is 5.78 Å². The van der Waals surface area contributed by atoms with Crippen molar-refractivity contribution in [3.8, 4) is 12.3 Å². The van der Waals surface area contributed by atoms with Crippen molar-refractivity contribution in [3.63, 3.8) is 0 Å². The lowest BCUT2D eigenvalue weighted by molar-refractivity contribution is -0.342. The third kappa shape index (κ3) is 1.84. The molecule has 0 amide bonds. The van der Waals surface area contributed by atoms with Crippen molar-refractivity contribution in [3.05, 3.63) is 11.6 Å². The molecule has 0 spiro atoms. The molecule has 0 heterocycles. The lowest BCUT2D eigenvalue weighted by Crippen LogP contribution is -2.58. The van der Waals surface area contributed by atoms with Gasteiger partial charge in [-0.1, -0.05) is 12.8 Å². The molecule has 4 aliphatic carbocycles. The van der Waals surface area contributed by atoms with Gasteiger partial charge < -0.3 is 5.11 Å². The fourth-order valence-corrected chi connectivity index (χ4v) is 6.58. The average molecular weight is 330 g/mol. The minimum absolute atomic E-state index is 0.138. The summed E-state index contributed by atoms with van der Waals surface area (Å²) in [5.41, 5.74) is -1.01. The standard InChI is InChI=1S/C20H26O4/c1-3-19(22)10-8-16-15-5-4-13-12-14(21)6-11-20(13,24-23)17(15)7-9-18(16,19)2/h1,12,15-17,22-23H,4-11H2,2H3/t15-,16+,17+,18-,19-,20+/m0/s1. The van der Waals surface area contributed by atoms with Gasteiger partial charge in [0.25, 0.3) is 0 Å². The van der Waals surface area contributed by atoms with Crippen molar-refractivity contribution < 1.29 is 20.0 Å². The van der Waals surface area contributed by atoms with Crippen LogP contribution in [0, 0.1) is 35.5 Å². The topological polar surface area (TPSA) is 66.8 Å². The van der Waals surface area contributed by atoms with Crippen LogP contribution >= 0.6 is 0 Å². The second-order valence-corrected chi connectivity index (χ2v) is 8.53. The maximum absolute atomic E-state index is 11.8. The Labute approximate surface area is 143 Å². The predicted octanol–water partition coefficient (Wildman–Crippen LogP) is 3.10. The fourth-order valence-electron chi connectivity index (χ4n) is 6.58. The van der Waals surface area contributed by atoms with Crippen LogP contribution < -0.4 is 0 Å². The minimum Gasteiger partial charge on any atom is -0.377 e. The average Bonchev–Trinajstić information content (AvgIpc) is 2.86. The van der Waals surface area contributed by atoms with Crippen LogP contribution in [0.4, 0.5) is 0 Å². The Kier molecular flexibility index (Phi) is 3.52. The van der Waals surface area contributed by atoms with Gasteiger partial charge in [-0.2, -0.15) is 0 Å². The summed E-state index contributed by atoms with van der Waals surface area (Å²) in [6.07, 6.45) is 13.5. The van der Waals surface area contributed by atoms with Crippen molar-refractivity contribution in [2.24, 2.45) is 23.2 Å². The van der Waals surface area contributed by atoms with Gasteiger partial charge in [0, 0.05) is 11.8 Å². The van der Waals surface area contributed by atoms with Gasteiger partial charge >= 0.3 is 0 Å². The smallest absolute Gasteiger partial charge is 0.155 e. The molecule has 0 saturated heterocycles. The molecule has 0 bridgehead atoms. The zero-order chi connectivity index (χ0) is 17.2. The quantitative estimate of drug-likeness (QED) is 0.440. The number of terminal acetylenes is 1. The second kappa shape index (κ2) is 5.17. The molecule has 3 fully saturated rings. The van der Waals surface area contributed by atoms with E-state index in [-0.39, 0.29) is 17.1 Å². The number of ketones is 1. The fraction of sp³-hybridized carbons (Fsp3) is 0.750. The van der Waals surface area contributed by atoms with Crippen molar-refractivity contribution in [2.45, 2.75) is 69.5 Å². The van der Waals surface area contributed by atoms with E-state index in [9.17, 15) is 15.2 Å². The number of hydrogen-bond acceptors (Lipinski definition) is 4. The Morgan fingerprint density at radius 1 is 1.21 bits per heavy atom. The first-order chi connectivity index (χ1) is 11.4. The van der Waals surface area contributed by atoms with Crippen LogP contribution in [0.5, 0.6) is 0 Å². The van der Waals surface area contributed by atoms with Gasteiger partial charge in [-0.05, 0) is 74.3 Å². The van der Waals surface area contributed by atoms with Crippen LogP contribution in [0.15, 0.2) is 11.6 Å². The predicted molar refractivity (Wildman–Crippen MR) is 88.8 cm³/mol. The Balaban J connectivity index is 1.72. The molecule has 0 aromatic carbocycles. The summed E-state index contributed by atoms with van der Waals surface area (Å²) >= 11 is 0. The summed E-state index contributed by atoms with van der Waals surface area (Å²) in [7, 11) is 0. The van der Waals surface area contributed by atoms with E-state index >= 15 is 0 Å². The summed E-state index contributed by atoms with van der Waals surface area (Å²) in [5, 5.41) is 20.8. The van der Waals surface area contributed by atoms with E-state index in [1.807, 2.05) is 0 Å². The second-order valence-electron chi connectivity index (χ2n) is 8.53. The van der Waals surface area contributed by atoms with Crippen LogP contribution in [-0.2, 0) is 9.68 Å². The summed E-state index contributed by atoms with van der Waals surface area (Å²) < 4.78 is 0. The van der Waals surface area contributed by atoms with Crippen LogP contribution in [0.3, 0.4) is 0 Å². The molecule has 0 aromatic rings. The molecule has 24 heavy (non-hydrogen) atoms.